The molecule has 8 heteroatoms. The predicted molar refractivity (Wildman–Crippen MR) is 72.6 cm³/mol. The summed E-state index contributed by atoms with van der Waals surface area (Å²) in [6, 6.07) is 6.89. The van der Waals surface area contributed by atoms with Gasteiger partial charge in [-0.05, 0) is 24.3 Å². The molecule has 0 aliphatic rings. The number of hydrogen-bond acceptors (Lipinski definition) is 5. The monoisotopic (exact) mass is 344 g/mol. The van der Waals surface area contributed by atoms with Crippen LogP contribution < -0.4 is 15.6 Å². The van der Waals surface area contributed by atoms with Gasteiger partial charge in [-0.3, -0.25) is 20.4 Å². The summed E-state index contributed by atoms with van der Waals surface area (Å²) in [6.45, 7) is 0.427. The zero-order valence-electron chi connectivity index (χ0n) is 10.6. The Morgan fingerprint density at radius 3 is 2.35 bits per heavy atom. The van der Waals surface area contributed by atoms with Gasteiger partial charge in [0, 0.05) is 11.4 Å². The Hall–Kier alpha value is -2.09. The highest BCUT2D eigenvalue weighted by Crippen LogP contribution is 2.15. The summed E-state index contributed by atoms with van der Waals surface area (Å²) in [4.78, 5) is 32.9. The molecule has 7 nitrogen and oxygen atoms in total. The second kappa shape index (κ2) is 8.16. The van der Waals surface area contributed by atoms with Crippen LogP contribution in [-0.4, -0.2) is 31.0 Å². The van der Waals surface area contributed by atoms with Gasteiger partial charge in [0.2, 0.25) is 5.91 Å². The minimum atomic E-state index is -0.689. The molecule has 1 aromatic carbocycles. The molecule has 0 spiro atoms. The second-order valence-electron chi connectivity index (χ2n) is 3.63. The summed E-state index contributed by atoms with van der Waals surface area (Å²) in [5, 5.41) is 0. The average molecular weight is 345 g/mol. The first-order valence-electron chi connectivity index (χ1n) is 5.57. The second-order valence-corrected chi connectivity index (χ2v) is 4.55. The zero-order valence-corrected chi connectivity index (χ0v) is 12.2. The van der Waals surface area contributed by atoms with E-state index in [0.717, 1.165) is 4.47 Å². The first-order chi connectivity index (χ1) is 9.47. The van der Waals surface area contributed by atoms with Gasteiger partial charge in [-0.1, -0.05) is 15.9 Å². The van der Waals surface area contributed by atoms with E-state index in [1.807, 2.05) is 0 Å². The van der Waals surface area contributed by atoms with Gasteiger partial charge in [-0.25, -0.2) is 4.79 Å². The maximum Gasteiger partial charge on any atom is 0.344 e. The lowest BCUT2D eigenvalue weighted by Crippen LogP contribution is -2.42. The van der Waals surface area contributed by atoms with Gasteiger partial charge in [-0.2, -0.15) is 0 Å². The van der Waals surface area contributed by atoms with Crippen LogP contribution in [0.25, 0.3) is 0 Å². The largest absolute Gasteiger partial charge is 0.482 e. The molecule has 0 heterocycles. The van der Waals surface area contributed by atoms with Crippen LogP contribution in [0.1, 0.15) is 6.92 Å². The average Bonchev–Trinajstić information content (AvgIpc) is 2.42. The number of ether oxygens (including phenoxy) is 2. The maximum absolute atomic E-state index is 11.3. The van der Waals surface area contributed by atoms with Gasteiger partial charge in [0.15, 0.2) is 13.2 Å². The van der Waals surface area contributed by atoms with Gasteiger partial charge in [0.05, 0.1) is 0 Å². The van der Waals surface area contributed by atoms with E-state index in [1.165, 1.54) is 6.92 Å². The smallest absolute Gasteiger partial charge is 0.344 e. The van der Waals surface area contributed by atoms with Crippen molar-refractivity contribution >= 4 is 33.7 Å². The van der Waals surface area contributed by atoms with Crippen molar-refractivity contribution in [2.24, 2.45) is 0 Å². The molecule has 0 saturated carbocycles. The van der Waals surface area contributed by atoms with E-state index in [2.05, 4.69) is 31.5 Å². The lowest BCUT2D eigenvalue weighted by molar-refractivity contribution is -0.150. The molecule has 0 aliphatic carbocycles. The van der Waals surface area contributed by atoms with Gasteiger partial charge in [-0.15, -0.1) is 0 Å². The van der Waals surface area contributed by atoms with Crippen molar-refractivity contribution in [1.29, 1.82) is 0 Å². The molecule has 20 heavy (non-hydrogen) atoms. The lowest BCUT2D eigenvalue weighted by atomic mass is 10.3. The molecule has 2 N–H and O–H groups in total. The summed E-state index contributed by atoms with van der Waals surface area (Å²) in [5.74, 6) is -1.25. The maximum atomic E-state index is 11.3. The van der Waals surface area contributed by atoms with Crippen molar-refractivity contribution in [2.45, 2.75) is 6.92 Å². The van der Waals surface area contributed by atoms with Gasteiger partial charge < -0.3 is 9.47 Å². The van der Waals surface area contributed by atoms with E-state index >= 15 is 0 Å². The van der Waals surface area contributed by atoms with Crippen LogP contribution >= 0.6 is 15.9 Å². The van der Waals surface area contributed by atoms with Crippen LogP contribution in [0, 0.1) is 0 Å². The molecule has 0 aliphatic heterocycles. The SMILES string of the molecule is CC(=O)NNC(=O)COC(=O)COc1ccc(Br)cc1. The number of carbonyl (C=O) groups is 3. The number of amides is 2. The first kappa shape index (κ1) is 16.0. The summed E-state index contributed by atoms with van der Waals surface area (Å²) in [5.41, 5.74) is 4.12. The predicted octanol–water partition coefficient (Wildman–Crippen LogP) is 0.538. The van der Waals surface area contributed by atoms with Gasteiger partial charge in [0.25, 0.3) is 5.91 Å². The molecular formula is C12H13BrN2O5. The Balaban J connectivity index is 2.21. The first-order valence-corrected chi connectivity index (χ1v) is 6.36. The van der Waals surface area contributed by atoms with Crippen molar-refractivity contribution in [3.8, 4) is 5.75 Å². The molecule has 2 amide bonds. The quantitative estimate of drug-likeness (QED) is 0.600. The van der Waals surface area contributed by atoms with Crippen molar-refractivity contribution in [2.75, 3.05) is 13.2 Å². The summed E-state index contributed by atoms with van der Waals surface area (Å²) < 4.78 is 10.7. The van der Waals surface area contributed by atoms with Crippen LogP contribution in [-0.2, 0) is 19.1 Å². The van der Waals surface area contributed by atoms with Gasteiger partial charge in [0.1, 0.15) is 5.75 Å². The molecule has 0 bridgehead atoms. The fourth-order valence-corrected chi connectivity index (χ4v) is 1.32. The molecule has 0 saturated heterocycles. The number of rotatable bonds is 5. The number of benzene rings is 1. The van der Waals surface area contributed by atoms with Crippen molar-refractivity contribution < 1.29 is 23.9 Å². The van der Waals surface area contributed by atoms with Crippen molar-refractivity contribution in [3.63, 3.8) is 0 Å². The van der Waals surface area contributed by atoms with Crippen LogP contribution in [0.2, 0.25) is 0 Å². The molecular weight excluding hydrogens is 332 g/mol. The third kappa shape index (κ3) is 6.74. The molecule has 0 atom stereocenters. The molecule has 0 fully saturated rings. The van der Waals surface area contributed by atoms with E-state index in [-0.39, 0.29) is 6.61 Å². The number of halogens is 1. The number of esters is 1. The van der Waals surface area contributed by atoms with Crippen LogP contribution in [0.15, 0.2) is 28.7 Å². The Kier molecular flexibility index (Phi) is 6.51. The third-order valence-corrected chi connectivity index (χ3v) is 2.44. The summed E-state index contributed by atoms with van der Waals surface area (Å²) >= 11 is 3.27. The Morgan fingerprint density at radius 2 is 1.75 bits per heavy atom. The normalized spacial score (nSPS) is 9.50. The molecule has 1 aromatic rings. The molecule has 108 valence electrons. The Morgan fingerprint density at radius 1 is 1.10 bits per heavy atom. The highest BCUT2D eigenvalue weighted by molar-refractivity contribution is 9.10. The fraction of sp³-hybridized carbons (Fsp3) is 0.250. The summed E-state index contributed by atoms with van der Waals surface area (Å²) in [6.07, 6.45) is 0. The van der Waals surface area contributed by atoms with E-state index in [1.54, 1.807) is 24.3 Å². The number of nitrogens with one attached hydrogen (secondary N) is 2. The molecule has 0 radical (unpaired) electrons. The molecule has 0 unspecified atom stereocenters. The zero-order chi connectivity index (χ0) is 15.0. The van der Waals surface area contributed by atoms with E-state index in [0.29, 0.717) is 5.75 Å². The third-order valence-electron chi connectivity index (χ3n) is 1.91. The highest BCUT2D eigenvalue weighted by atomic mass is 79.9. The van der Waals surface area contributed by atoms with Crippen LogP contribution in [0.5, 0.6) is 5.75 Å². The van der Waals surface area contributed by atoms with Crippen molar-refractivity contribution in [1.82, 2.24) is 10.9 Å². The fourth-order valence-electron chi connectivity index (χ4n) is 1.05. The Labute approximate surface area is 123 Å². The molecule has 1 rings (SSSR count). The molecule has 0 aromatic heterocycles. The lowest BCUT2D eigenvalue weighted by Gasteiger charge is -2.07. The number of carbonyl (C=O) groups excluding carboxylic acids is 3. The van der Waals surface area contributed by atoms with Crippen molar-refractivity contribution in [3.05, 3.63) is 28.7 Å². The minimum absolute atomic E-state index is 0.310. The van der Waals surface area contributed by atoms with Crippen LogP contribution in [0.4, 0.5) is 0 Å². The van der Waals surface area contributed by atoms with Gasteiger partial charge >= 0.3 is 5.97 Å². The standard InChI is InChI=1S/C12H13BrN2O5/c1-8(16)14-15-11(17)6-20-12(18)7-19-10-4-2-9(13)3-5-10/h2-5H,6-7H2,1H3,(H,14,16)(H,15,17). The topological polar surface area (TPSA) is 93.7 Å². The number of hydrogen-bond donors (Lipinski definition) is 2. The van der Waals surface area contributed by atoms with E-state index in [4.69, 9.17) is 4.74 Å². The Bertz CT molecular complexity index is 489. The highest BCUT2D eigenvalue weighted by Gasteiger charge is 2.08. The minimum Gasteiger partial charge on any atom is -0.482 e. The van der Waals surface area contributed by atoms with E-state index < -0.39 is 24.4 Å². The summed E-state index contributed by atoms with van der Waals surface area (Å²) in [7, 11) is 0. The van der Waals surface area contributed by atoms with E-state index in [9.17, 15) is 14.4 Å². The van der Waals surface area contributed by atoms with Crippen LogP contribution in [0.3, 0.4) is 0 Å². The number of hydrazine groups is 1.